The molecule has 2 N–H and O–H groups in total. The molecule has 0 saturated heterocycles. The molecule has 0 aliphatic heterocycles. The van der Waals surface area contributed by atoms with Crippen molar-refractivity contribution in [3.05, 3.63) is 52.3 Å². The highest BCUT2D eigenvalue weighted by molar-refractivity contribution is 5.94. The van der Waals surface area contributed by atoms with Crippen LogP contribution >= 0.6 is 0 Å². The molecule has 7 nitrogen and oxygen atoms in total. The molecule has 1 aliphatic carbocycles. The molecule has 0 spiro atoms. The first-order valence-electron chi connectivity index (χ1n) is 8.84. The second-order valence-corrected chi connectivity index (χ2v) is 6.35. The van der Waals surface area contributed by atoms with E-state index in [-0.39, 0.29) is 12.0 Å². The molecule has 26 heavy (non-hydrogen) atoms. The number of amides is 3. The Morgan fingerprint density at radius 1 is 1.19 bits per heavy atom. The lowest BCUT2D eigenvalue weighted by Crippen LogP contribution is -2.41. The largest absolute Gasteiger partial charge is 0.337 e. The molecule has 3 rings (SSSR count). The van der Waals surface area contributed by atoms with Crippen LogP contribution in [0.15, 0.2) is 46.9 Å². The number of hydrogen-bond acceptors (Lipinski definition) is 4. The maximum Gasteiger partial charge on any atom is 0.321 e. The van der Waals surface area contributed by atoms with E-state index in [0.29, 0.717) is 17.4 Å². The summed E-state index contributed by atoms with van der Waals surface area (Å²) in [5, 5.41) is 9.47. The minimum atomic E-state index is -0.517. The van der Waals surface area contributed by atoms with Crippen LogP contribution in [0.2, 0.25) is 0 Å². The maximum atomic E-state index is 12.1. The average molecular weight is 354 g/mol. The third-order valence-electron chi connectivity index (χ3n) is 4.42. The Morgan fingerprint density at radius 2 is 2.04 bits per heavy atom. The second-order valence-electron chi connectivity index (χ2n) is 6.35. The quantitative estimate of drug-likeness (QED) is 0.804. The summed E-state index contributed by atoms with van der Waals surface area (Å²) in [6.07, 6.45) is 8.87. The fourth-order valence-corrected chi connectivity index (χ4v) is 3.10. The van der Waals surface area contributed by atoms with Gasteiger partial charge in [0.05, 0.1) is 11.7 Å². The van der Waals surface area contributed by atoms with Crippen LogP contribution in [0.1, 0.15) is 32.1 Å². The van der Waals surface area contributed by atoms with Crippen molar-refractivity contribution in [2.24, 2.45) is 0 Å². The number of urea groups is 1. The Hall–Kier alpha value is -2.96. The number of carbonyl (C=O) groups is 2. The number of aromatic nitrogens is 2. The minimum absolute atomic E-state index is 0.140. The minimum Gasteiger partial charge on any atom is -0.337 e. The number of benzene rings is 1. The average Bonchev–Trinajstić information content (AvgIpc) is 2.65. The fraction of sp³-hybridized carbons (Fsp3) is 0.368. The lowest BCUT2D eigenvalue weighted by Gasteiger charge is -2.13. The molecule has 1 aromatic carbocycles. The highest BCUT2D eigenvalue weighted by Gasteiger charge is 2.11. The molecule has 0 bridgehead atoms. The zero-order valence-electron chi connectivity index (χ0n) is 14.5. The zero-order chi connectivity index (χ0) is 18.4. The summed E-state index contributed by atoms with van der Waals surface area (Å²) >= 11 is 0. The number of imide groups is 1. The van der Waals surface area contributed by atoms with Crippen LogP contribution in [0, 0.1) is 0 Å². The lowest BCUT2D eigenvalue weighted by molar-refractivity contribution is -0.120. The number of hydrogen-bond donors (Lipinski definition) is 2. The van der Waals surface area contributed by atoms with Gasteiger partial charge in [0.2, 0.25) is 11.3 Å². The topological polar surface area (TPSA) is 93.1 Å². The molecular weight excluding hydrogens is 332 g/mol. The van der Waals surface area contributed by atoms with Crippen molar-refractivity contribution >= 4 is 22.8 Å². The first-order chi connectivity index (χ1) is 12.6. The van der Waals surface area contributed by atoms with Gasteiger partial charge in [-0.2, -0.15) is 5.10 Å². The van der Waals surface area contributed by atoms with Crippen LogP contribution in [0.5, 0.6) is 0 Å². The standard InChI is InChI=1S/C19H22N4O3/c24-17-12-21-23(16-9-5-4-8-15(16)17)13-18(25)22-19(26)20-11-10-14-6-2-1-3-7-14/h4-6,8-9,12H,1-3,7,10-11,13H2,(H2,20,22,25,26). The summed E-state index contributed by atoms with van der Waals surface area (Å²) in [4.78, 5) is 35.8. The third kappa shape index (κ3) is 4.56. The molecule has 0 unspecified atom stereocenters. The summed E-state index contributed by atoms with van der Waals surface area (Å²) in [5.74, 6) is -0.485. The molecule has 3 amide bonds. The van der Waals surface area contributed by atoms with E-state index in [9.17, 15) is 14.4 Å². The van der Waals surface area contributed by atoms with E-state index in [1.165, 1.54) is 29.3 Å². The molecule has 0 saturated carbocycles. The molecule has 1 aromatic heterocycles. The molecule has 0 atom stereocenters. The molecular formula is C19H22N4O3. The summed E-state index contributed by atoms with van der Waals surface area (Å²) in [6, 6.07) is 6.40. The van der Waals surface area contributed by atoms with Crippen LogP contribution in [-0.2, 0) is 11.3 Å². The van der Waals surface area contributed by atoms with Gasteiger partial charge in [0.1, 0.15) is 6.54 Å². The molecule has 1 heterocycles. The van der Waals surface area contributed by atoms with Gasteiger partial charge in [-0.1, -0.05) is 23.8 Å². The van der Waals surface area contributed by atoms with Gasteiger partial charge < -0.3 is 5.32 Å². The number of fused-ring (bicyclic) bond motifs is 1. The highest BCUT2D eigenvalue weighted by Crippen LogP contribution is 2.19. The third-order valence-corrected chi connectivity index (χ3v) is 4.42. The maximum absolute atomic E-state index is 12.1. The van der Waals surface area contributed by atoms with Gasteiger partial charge in [0.25, 0.3) is 0 Å². The summed E-state index contributed by atoms with van der Waals surface area (Å²) in [5.41, 5.74) is 1.72. The van der Waals surface area contributed by atoms with Gasteiger partial charge in [-0.25, -0.2) is 4.79 Å². The van der Waals surface area contributed by atoms with Crippen molar-refractivity contribution in [2.45, 2.75) is 38.6 Å². The van der Waals surface area contributed by atoms with E-state index in [2.05, 4.69) is 21.8 Å². The molecule has 0 fully saturated rings. The number of nitrogens with zero attached hydrogens (tertiary/aromatic N) is 2. The van der Waals surface area contributed by atoms with Gasteiger partial charge in [-0.05, 0) is 44.2 Å². The fourth-order valence-electron chi connectivity index (χ4n) is 3.10. The Kier molecular flexibility index (Phi) is 5.78. The normalized spacial score (nSPS) is 13.9. The number of para-hydroxylation sites is 1. The van der Waals surface area contributed by atoms with E-state index >= 15 is 0 Å². The molecule has 0 radical (unpaired) electrons. The van der Waals surface area contributed by atoms with Crippen molar-refractivity contribution < 1.29 is 9.59 Å². The summed E-state index contributed by atoms with van der Waals surface area (Å²) in [7, 11) is 0. The van der Waals surface area contributed by atoms with Crippen molar-refractivity contribution in [1.29, 1.82) is 0 Å². The van der Waals surface area contributed by atoms with Crippen LogP contribution in [0.25, 0.3) is 10.9 Å². The van der Waals surface area contributed by atoms with Gasteiger partial charge in [-0.3, -0.25) is 19.6 Å². The number of allylic oxidation sites excluding steroid dienone is 1. The first kappa shape index (κ1) is 17.8. The van der Waals surface area contributed by atoms with Crippen molar-refractivity contribution in [3.63, 3.8) is 0 Å². The van der Waals surface area contributed by atoms with Gasteiger partial charge >= 0.3 is 6.03 Å². The van der Waals surface area contributed by atoms with Gasteiger partial charge in [0, 0.05) is 11.9 Å². The van der Waals surface area contributed by atoms with Gasteiger partial charge in [0.15, 0.2) is 0 Å². The molecule has 2 aromatic rings. The predicted octanol–water partition coefficient (Wildman–Crippen LogP) is 2.11. The van der Waals surface area contributed by atoms with Gasteiger partial charge in [-0.15, -0.1) is 0 Å². The Balaban J connectivity index is 1.52. The van der Waals surface area contributed by atoms with E-state index in [0.717, 1.165) is 19.3 Å². The Labute approximate surface area is 151 Å². The Morgan fingerprint density at radius 3 is 2.85 bits per heavy atom. The second kappa shape index (κ2) is 8.42. The van der Waals surface area contributed by atoms with Crippen LogP contribution in [-0.4, -0.2) is 28.3 Å². The van der Waals surface area contributed by atoms with Crippen molar-refractivity contribution in [1.82, 2.24) is 20.4 Å². The monoisotopic (exact) mass is 354 g/mol. The lowest BCUT2D eigenvalue weighted by atomic mass is 9.97. The molecule has 136 valence electrons. The zero-order valence-corrected chi connectivity index (χ0v) is 14.5. The summed E-state index contributed by atoms with van der Waals surface area (Å²) in [6.45, 7) is 0.365. The van der Waals surface area contributed by atoms with E-state index in [1.807, 2.05) is 0 Å². The Bertz CT molecular complexity index is 901. The van der Waals surface area contributed by atoms with Crippen LogP contribution in [0.3, 0.4) is 0 Å². The summed E-state index contributed by atoms with van der Waals surface area (Å²) < 4.78 is 1.41. The van der Waals surface area contributed by atoms with Crippen LogP contribution < -0.4 is 16.1 Å². The smallest absolute Gasteiger partial charge is 0.321 e. The van der Waals surface area contributed by atoms with Crippen LogP contribution in [0.4, 0.5) is 4.79 Å². The van der Waals surface area contributed by atoms with E-state index in [4.69, 9.17) is 0 Å². The number of rotatable bonds is 5. The van der Waals surface area contributed by atoms with E-state index < -0.39 is 11.9 Å². The number of carbonyl (C=O) groups excluding carboxylic acids is 2. The first-order valence-corrected chi connectivity index (χ1v) is 8.84. The van der Waals surface area contributed by atoms with Crippen molar-refractivity contribution in [3.8, 4) is 0 Å². The molecule has 7 heteroatoms. The highest BCUT2D eigenvalue weighted by atomic mass is 16.2. The van der Waals surface area contributed by atoms with Crippen molar-refractivity contribution in [2.75, 3.05) is 6.54 Å². The predicted molar refractivity (Wildman–Crippen MR) is 98.7 cm³/mol. The molecule has 1 aliphatic rings. The number of nitrogens with one attached hydrogen (secondary N) is 2. The SMILES string of the molecule is O=C(Cn1ncc(=O)c2ccccc21)NC(=O)NCCC1=CCCCC1. The van der Waals surface area contributed by atoms with E-state index in [1.54, 1.807) is 24.3 Å².